The summed E-state index contributed by atoms with van der Waals surface area (Å²) in [5.74, 6) is 1.36. The molecule has 2 aromatic rings. The predicted octanol–water partition coefficient (Wildman–Crippen LogP) is 3.46. The fraction of sp³-hybridized carbons (Fsp3) is 0.188. The van der Waals surface area contributed by atoms with Crippen LogP contribution in [-0.2, 0) is 0 Å². The smallest absolute Gasteiger partial charge is 0.251 e. The van der Waals surface area contributed by atoms with E-state index in [1.807, 2.05) is 44.2 Å². The minimum absolute atomic E-state index is 0.119. The summed E-state index contributed by atoms with van der Waals surface area (Å²) in [6.45, 7) is 4.02. The van der Waals surface area contributed by atoms with Gasteiger partial charge in [0.25, 0.3) is 5.91 Å². The fourth-order valence-electron chi connectivity index (χ4n) is 1.79. The van der Waals surface area contributed by atoms with Gasteiger partial charge in [-0.05, 0) is 49.2 Å². The zero-order valence-electron chi connectivity index (χ0n) is 11.4. The van der Waals surface area contributed by atoms with Crippen molar-refractivity contribution >= 4 is 5.91 Å². The van der Waals surface area contributed by atoms with Crippen LogP contribution in [0.15, 0.2) is 42.5 Å². The second-order valence-corrected chi connectivity index (χ2v) is 4.48. The summed E-state index contributed by atoms with van der Waals surface area (Å²) in [6.07, 6.45) is 0. The first-order valence-corrected chi connectivity index (χ1v) is 6.17. The van der Waals surface area contributed by atoms with Crippen molar-refractivity contribution in [3.8, 4) is 11.5 Å². The molecular formula is C16H17NO2. The van der Waals surface area contributed by atoms with Crippen LogP contribution >= 0.6 is 0 Å². The standard InChI is InChI=1S/C16H17NO2/c1-11-7-8-12(2)15(9-11)19-14-6-4-5-13(10-14)16(18)17-3/h4-10H,1-3H3,(H,17,18). The first-order valence-electron chi connectivity index (χ1n) is 6.17. The summed E-state index contributed by atoms with van der Waals surface area (Å²) in [5, 5.41) is 2.60. The number of benzene rings is 2. The lowest BCUT2D eigenvalue weighted by Crippen LogP contribution is -2.17. The summed E-state index contributed by atoms with van der Waals surface area (Å²) >= 11 is 0. The van der Waals surface area contributed by atoms with E-state index < -0.39 is 0 Å². The number of amides is 1. The van der Waals surface area contributed by atoms with Crippen molar-refractivity contribution in [3.05, 3.63) is 59.2 Å². The second-order valence-electron chi connectivity index (χ2n) is 4.48. The highest BCUT2D eigenvalue weighted by molar-refractivity contribution is 5.94. The molecule has 0 aliphatic heterocycles. The molecule has 0 saturated carbocycles. The molecule has 0 aromatic heterocycles. The van der Waals surface area contributed by atoms with E-state index in [2.05, 4.69) is 5.32 Å². The molecule has 0 atom stereocenters. The molecule has 3 heteroatoms. The van der Waals surface area contributed by atoms with Crippen molar-refractivity contribution in [2.24, 2.45) is 0 Å². The fourth-order valence-corrected chi connectivity index (χ4v) is 1.79. The van der Waals surface area contributed by atoms with E-state index in [1.54, 1.807) is 19.2 Å². The Morgan fingerprint density at radius 3 is 2.63 bits per heavy atom. The van der Waals surface area contributed by atoms with Crippen LogP contribution in [0.4, 0.5) is 0 Å². The molecular weight excluding hydrogens is 238 g/mol. The van der Waals surface area contributed by atoms with Crippen molar-refractivity contribution < 1.29 is 9.53 Å². The van der Waals surface area contributed by atoms with E-state index >= 15 is 0 Å². The minimum Gasteiger partial charge on any atom is -0.457 e. The van der Waals surface area contributed by atoms with Crippen molar-refractivity contribution in [2.45, 2.75) is 13.8 Å². The minimum atomic E-state index is -0.119. The Morgan fingerprint density at radius 2 is 1.89 bits per heavy atom. The maximum absolute atomic E-state index is 11.6. The lowest BCUT2D eigenvalue weighted by atomic mass is 10.1. The molecule has 2 aromatic carbocycles. The number of hydrogen-bond acceptors (Lipinski definition) is 2. The number of carbonyl (C=O) groups is 1. The van der Waals surface area contributed by atoms with E-state index in [9.17, 15) is 4.79 Å². The number of aryl methyl sites for hydroxylation is 2. The van der Waals surface area contributed by atoms with Crippen LogP contribution in [0.5, 0.6) is 11.5 Å². The summed E-state index contributed by atoms with van der Waals surface area (Å²) in [4.78, 5) is 11.6. The molecule has 2 rings (SSSR count). The van der Waals surface area contributed by atoms with Gasteiger partial charge in [-0.1, -0.05) is 18.2 Å². The van der Waals surface area contributed by atoms with Crippen LogP contribution in [0.3, 0.4) is 0 Å². The van der Waals surface area contributed by atoms with Gasteiger partial charge in [0.2, 0.25) is 0 Å². The average molecular weight is 255 g/mol. The average Bonchev–Trinajstić information content (AvgIpc) is 2.42. The Balaban J connectivity index is 2.28. The molecule has 1 amide bonds. The van der Waals surface area contributed by atoms with Gasteiger partial charge in [-0.25, -0.2) is 0 Å². The van der Waals surface area contributed by atoms with E-state index in [0.29, 0.717) is 11.3 Å². The molecule has 0 bridgehead atoms. The van der Waals surface area contributed by atoms with E-state index in [0.717, 1.165) is 16.9 Å². The molecule has 98 valence electrons. The van der Waals surface area contributed by atoms with Gasteiger partial charge in [0.15, 0.2) is 0 Å². The number of rotatable bonds is 3. The third-order valence-electron chi connectivity index (χ3n) is 2.89. The molecule has 0 fully saturated rings. The SMILES string of the molecule is CNC(=O)c1cccc(Oc2cc(C)ccc2C)c1. The van der Waals surface area contributed by atoms with Gasteiger partial charge in [0.1, 0.15) is 11.5 Å². The first-order chi connectivity index (χ1) is 9.10. The Bertz CT molecular complexity index is 605. The van der Waals surface area contributed by atoms with Gasteiger partial charge in [-0.15, -0.1) is 0 Å². The van der Waals surface area contributed by atoms with E-state index in [1.165, 1.54) is 0 Å². The second kappa shape index (κ2) is 5.57. The van der Waals surface area contributed by atoms with Gasteiger partial charge >= 0.3 is 0 Å². The maximum Gasteiger partial charge on any atom is 0.251 e. The molecule has 3 nitrogen and oxygen atoms in total. The van der Waals surface area contributed by atoms with Gasteiger partial charge in [-0.2, -0.15) is 0 Å². The number of carbonyl (C=O) groups excluding carboxylic acids is 1. The zero-order valence-corrected chi connectivity index (χ0v) is 11.4. The van der Waals surface area contributed by atoms with Crippen LogP contribution in [-0.4, -0.2) is 13.0 Å². The summed E-state index contributed by atoms with van der Waals surface area (Å²) < 4.78 is 5.85. The van der Waals surface area contributed by atoms with Crippen molar-refractivity contribution in [1.82, 2.24) is 5.32 Å². The molecule has 1 N–H and O–H groups in total. The van der Waals surface area contributed by atoms with Gasteiger partial charge in [-0.3, -0.25) is 4.79 Å². The Labute approximate surface area is 113 Å². The predicted molar refractivity (Wildman–Crippen MR) is 75.8 cm³/mol. The molecule has 0 aliphatic carbocycles. The number of nitrogens with one attached hydrogen (secondary N) is 1. The molecule has 0 heterocycles. The normalized spacial score (nSPS) is 10.1. The summed E-state index contributed by atoms with van der Waals surface area (Å²) in [5.41, 5.74) is 2.80. The van der Waals surface area contributed by atoms with E-state index in [-0.39, 0.29) is 5.91 Å². The third-order valence-corrected chi connectivity index (χ3v) is 2.89. The van der Waals surface area contributed by atoms with Crippen LogP contribution < -0.4 is 10.1 Å². The van der Waals surface area contributed by atoms with Gasteiger partial charge in [0, 0.05) is 12.6 Å². The zero-order chi connectivity index (χ0) is 13.8. The highest BCUT2D eigenvalue weighted by Gasteiger charge is 2.06. The molecule has 19 heavy (non-hydrogen) atoms. The molecule has 0 aliphatic rings. The van der Waals surface area contributed by atoms with E-state index in [4.69, 9.17) is 4.74 Å². The van der Waals surface area contributed by atoms with Crippen molar-refractivity contribution in [2.75, 3.05) is 7.05 Å². The highest BCUT2D eigenvalue weighted by atomic mass is 16.5. The van der Waals surface area contributed by atoms with Gasteiger partial charge in [0.05, 0.1) is 0 Å². The third kappa shape index (κ3) is 3.13. The maximum atomic E-state index is 11.6. The first kappa shape index (κ1) is 13.1. The monoisotopic (exact) mass is 255 g/mol. The van der Waals surface area contributed by atoms with Crippen molar-refractivity contribution in [1.29, 1.82) is 0 Å². The lowest BCUT2D eigenvalue weighted by molar-refractivity contribution is 0.0963. The molecule has 0 spiro atoms. The summed E-state index contributed by atoms with van der Waals surface area (Å²) in [6, 6.07) is 13.2. The quantitative estimate of drug-likeness (QED) is 0.912. The van der Waals surface area contributed by atoms with Crippen LogP contribution in [0.1, 0.15) is 21.5 Å². The molecule has 0 unspecified atom stereocenters. The number of hydrogen-bond donors (Lipinski definition) is 1. The molecule has 0 radical (unpaired) electrons. The topological polar surface area (TPSA) is 38.3 Å². The van der Waals surface area contributed by atoms with Crippen LogP contribution in [0.2, 0.25) is 0 Å². The molecule has 0 saturated heterocycles. The number of ether oxygens (including phenoxy) is 1. The Hall–Kier alpha value is -2.29. The largest absolute Gasteiger partial charge is 0.457 e. The van der Waals surface area contributed by atoms with Gasteiger partial charge < -0.3 is 10.1 Å². The highest BCUT2D eigenvalue weighted by Crippen LogP contribution is 2.26. The Morgan fingerprint density at radius 1 is 1.11 bits per heavy atom. The lowest BCUT2D eigenvalue weighted by Gasteiger charge is -2.10. The van der Waals surface area contributed by atoms with Crippen molar-refractivity contribution in [3.63, 3.8) is 0 Å². The van der Waals surface area contributed by atoms with Crippen LogP contribution in [0, 0.1) is 13.8 Å². The summed E-state index contributed by atoms with van der Waals surface area (Å²) in [7, 11) is 1.61. The van der Waals surface area contributed by atoms with Crippen LogP contribution in [0.25, 0.3) is 0 Å². The Kier molecular flexibility index (Phi) is 3.85.